The smallest absolute Gasteiger partial charge is 0.324 e. The van der Waals surface area contributed by atoms with Crippen molar-refractivity contribution >= 4 is 40.2 Å². The Hall–Kier alpha value is -2.06. The first-order chi connectivity index (χ1) is 16.1. The van der Waals surface area contributed by atoms with Crippen molar-refractivity contribution in [3.05, 3.63) is 42.1 Å². The fourth-order valence-corrected chi connectivity index (χ4v) is 6.83. The van der Waals surface area contributed by atoms with Gasteiger partial charge in [-0.2, -0.15) is 0 Å². The Balaban J connectivity index is 1.43. The summed E-state index contributed by atoms with van der Waals surface area (Å²) in [6.45, 7) is 0. The predicted octanol–water partition coefficient (Wildman–Crippen LogP) is 6.60. The molecule has 33 heavy (non-hydrogen) atoms. The van der Waals surface area contributed by atoms with E-state index in [1.807, 2.05) is 0 Å². The van der Waals surface area contributed by atoms with Crippen molar-refractivity contribution in [1.82, 2.24) is 9.88 Å². The molecule has 2 aliphatic rings. The molecule has 8 heteroatoms. The third-order valence-electron chi connectivity index (χ3n) is 6.85. The fourth-order valence-electron chi connectivity index (χ4n) is 5.25. The Bertz CT molecular complexity index is 905. The van der Waals surface area contributed by atoms with Crippen molar-refractivity contribution in [2.24, 2.45) is 0 Å². The maximum Gasteiger partial charge on any atom is 0.324 e. The SMILES string of the molecule is O=C(O)CSc1cnc(NC(=O)N(C2CCCCCC2)C2CCC(c3ccccc3)CC2)s1. The molecule has 2 fully saturated rings. The van der Waals surface area contributed by atoms with Gasteiger partial charge in [0.05, 0.1) is 16.2 Å². The maximum absolute atomic E-state index is 13.5. The molecule has 0 radical (unpaired) electrons. The van der Waals surface area contributed by atoms with Gasteiger partial charge in [-0.05, 0) is 50.0 Å². The second-order valence-electron chi connectivity index (χ2n) is 9.07. The topological polar surface area (TPSA) is 82.5 Å². The Morgan fingerprint density at radius 2 is 1.67 bits per heavy atom. The average Bonchev–Trinajstić information content (AvgIpc) is 3.10. The van der Waals surface area contributed by atoms with Crippen molar-refractivity contribution in [2.75, 3.05) is 11.1 Å². The van der Waals surface area contributed by atoms with E-state index in [9.17, 15) is 9.59 Å². The lowest BCUT2D eigenvalue weighted by molar-refractivity contribution is -0.133. The third kappa shape index (κ3) is 6.73. The number of nitrogens with zero attached hydrogens (tertiary/aromatic N) is 2. The van der Waals surface area contributed by atoms with Crippen LogP contribution >= 0.6 is 23.1 Å². The quantitative estimate of drug-likeness (QED) is 0.339. The first-order valence-corrected chi connectivity index (χ1v) is 13.8. The number of benzene rings is 1. The van der Waals surface area contributed by atoms with Gasteiger partial charge in [0, 0.05) is 12.1 Å². The molecule has 0 atom stereocenters. The zero-order valence-corrected chi connectivity index (χ0v) is 20.6. The van der Waals surface area contributed by atoms with E-state index in [1.165, 1.54) is 54.3 Å². The molecule has 0 unspecified atom stereocenters. The normalized spacial score (nSPS) is 21.8. The van der Waals surface area contributed by atoms with Gasteiger partial charge in [0.1, 0.15) is 0 Å². The maximum atomic E-state index is 13.5. The molecule has 2 amide bonds. The number of nitrogens with one attached hydrogen (secondary N) is 1. The van der Waals surface area contributed by atoms with Crippen molar-refractivity contribution in [2.45, 2.75) is 86.4 Å². The molecule has 6 nitrogen and oxygen atoms in total. The van der Waals surface area contributed by atoms with Gasteiger partial charge in [-0.1, -0.05) is 67.4 Å². The van der Waals surface area contributed by atoms with E-state index in [-0.39, 0.29) is 23.9 Å². The summed E-state index contributed by atoms with van der Waals surface area (Å²) in [6.07, 6.45) is 12.9. The van der Waals surface area contributed by atoms with Gasteiger partial charge in [-0.3, -0.25) is 10.1 Å². The molecular formula is C25H33N3O3S2. The molecule has 178 valence electrons. The second-order valence-corrected chi connectivity index (χ2v) is 11.4. The molecule has 2 saturated carbocycles. The molecule has 2 aliphatic carbocycles. The highest BCUT2D eigenvalue weighted by atomic mass is 32.2. The highest BCUT2D eigenvalue weighted by Crippen LogP contribution is 2.37. The van der Waals surface area contributed by atoms with Crippen LogP contribution in [0.15, 0.2) is 40.7 Å². The standard InChI is InChI=1S/C25H33N3O3S2/c29-22(30)17-32-23-16-26-24(33-23)27-25(31)28(20-10-6-1-2-7-11-20)21-14-12-19(13-15-21)18-8-4-3-5-9-18/h3-5,8-9,16,19-21H,1-2,6-7,10-15,17H2,(H,29,30)(H,26,27,31). The molecular weight excluding hydrogens is 454 g/mol. The largest absolute Gasteiger partial charge is 0.481 e. The molecule has 1 aromatic heterocycles. The Kier molecular flexibility index (Phi) is 8.67. The van der Waals surface area contributed by atoms with Crippen molar-refractivity contribution in [3.63, 3.8) is 0 Å². The lowest BCUT2D eigenvalue weighted by Crippen LogP contribution is -2.50. The van der Waals surface area contributed by atoms with Crippen LogP contribution in [0.2, 0.25) is 0 Å². The van der Waals surface area contributed by atoms with Gasteiger partial charge in [0.15, 0.2) is 5.13 Å². The number of anilines is 1. The summed E-state index contributed by atoms with van der Waals surface area (Å²) in [5.74, 6) is -0.284. The molecule has 0 saturated heterocycles. The van der Waals surface area contributed by atoms with Gasteiger partial charge in [-0.15, -0.1) is 11.8 Å². The summed E-state index contributed by atoms with van der Waals surface area (Å²) in [4.78, 5) is 30.8. The van der Waals surface area contributed by atoms with E-state index in [0.29, 0.717) is 11.0 Å². The number of carbonyl (C=O) groups is 2. The van der Waals surface area contributed by atoms with Crippen LogP contribution in [0.5, 0.6) is 0 Å². The van der Waals surface area contributed by atoms with Gasteiger partial charge in [0.25, 0.3) is 0 Å². The highest BCUT2D eigenvalue weighted by molar-refractivity contribution is 8.01. The summed E-state index contributed by atoms with van der Waals surface area (Å²) < 4.78 is 0.803. The second kappa shape index (κ2) is 11.9. The summed E-state index contributed by atoms with van der Waals surface area (Å²) in [5.41, 5.74) is 1.41. The van der Waals surface area contributed by atoms with Crippen LogP contribution in [0.3, 0.4) is 0 Å². The number of carboxylic acid groups (broad SMARTS) is 1. The number of aromatic nitrogens is 1. The monoisotopic (exact) mass is 487 g/mol. The number of thioether (sulfide) groups is 1. The molecule has 0 aliphatic heterocycles. The summed E-state index contributed by atoms with van der Waals surface area (Å²) in [6, 6.07) is 11.2. The van der Waals surface area contributed by atoms with Crippen LogP contribution in [-0.4, -0.2) is 44.8 Å². The van der Waals surface area contributed by atoms with E-state index in [1.54, 1.807) is 6.20 Å². The average molecular weight is 488 g/mol. The lowest BCUT2D eigenvalue weighted by Gasteiger charge is -2.41. The number of carboxylic acids is 1. The number of hydrogen-bond acceptors (Lipinski definition) is 5. The van der Waals surface area contributed by atoms with Crippen LogP contribution in [-0.2, 0) is 4.79 Å². The number of carbonyl (C=O) groups excluding carboxylic acids is 1. The Labute approximate surface area is 204 Å². The Morgan fingerprint density at radius 3 is 2.33 bits per heavy atom. The van der Waals surface area contributed by atoms with Crippen molar-refractivity contribution in [1.29, 1.82) is 0 Å². The van der Waals surface area contributed by atoms with Gasteiger partial charge >= 0.3 is 12.0 Å². The van der Waals surface area contributed by atoms with E-state index in [2.05, 4.69) is 45.5 Å². The van der Waals surface area contributed by atoms with Crippen LogP contribution in [0, 0.1) is 0 Å². The number of thiazole rings is 1. The van der Waals surface area contributed by atoms with E-state index >= 15 is 0 Å². The van der Waals surface area contributed by atoms with Gasteiger partial charge < -0.3 is 10.0 Å². The molecule has 2 N–H and O–H groups in total. The van der Waals surface area contributed by atoms with Crippen LogP contribution in [0.25, 0.3) is 0 Å². The fraction of sp³-hybridized carbons (Fsp3) is 0.560. The van der Waals surface area contributed by atoms with Gasteiger partial charge in [0.2, 0.25) is 0 Å². The minimum absolute atomic E-state index is 0.00552. The summed E-state index contributed by atoms with van der Waals surface area (Å²) in [5, 5.41) is 12.5. The molecule has 1 heterocycles. The van der Waals surface area contributed by atoms with E-state index < -0.39 is 5.97 Å². The number of aliphatic carboxylic acids is 1. The zero-order chi connectivity index (χ0) is 23.0. The highest BCUT2D eigenvalue weighted by Gasteiger charge is 2.34. The molecule has 2 aromatic rings. The van der Waals surface area contributed by atoms with E-state index in [0.717, 1.165) is 42.7 Å². The lowest BCUT2D eigenvalue weighted by atomic mass is 9.80. The zero-order valence-electron chi connectivity index (χ0n) is 18.9. The van der Waals surface area contributed by atoms with Crippen molar-refractivity contribution in [3.8, 4) is 0 Å². The predicted molar refractivity (Wildman–Crippen MR) is 134 cm³/mol. The first-order valence-electron chi connectivity index (χ1n) is 12.0. The summed E-state index contributed by atoms with van der Waals surface area (Å²) in [7, 11) is 0. The van der Waals surface area contributed by atoms with Crippen molar-refractivity contribution < 1.29 is 14.7 Å². The summed E-state index contributed by atoms with van der Waals surface area (Å²) >= 11 is 2.58. The number of hydrogen-bond donors (Lipinski definition) is 2. The third-order valence-corrected chi connectivity index (χ3v) is 8.94. The molecule has 4 rings (SSSR count). The minimum atomic E-state index is -0.857. The van der Waals surface area contributed by atoms with Gasteiger partial charge in [-0.25, -0.2) is 9.78 Å². The molecule has 0 bridgehead atoms. The minimum Gasteiger partial charge on any atom is -0.481 e. The molecule has 1 aromatic carbocycles. The van der Waals surface area contributed by atoms with E-state index in [4.69, 9.17) is 5.11 Å². The first kappa shape index (κ1) is 24.1. The number of urea groups is 1. The number of amides is 2. The van der Waals surface area contributed by atoms with Crippen LogP contribution in [0.4, 0.5) is 9.93 Å². The Morgan fingerprint density at radius 1 is 1.00 bits per heavy atom. The molecule has 0 spiro atoms. The number of rotatable bonds is 7. The van der Waals surface area contributed by atoms with Crippen LogP contribution in [0.1, 0.15) is 75.7 Å². The van der Waals surface area contributed by atoms with Crippen LogP contribution < -0.4 is 5.32 Å².